The standard InChI is InChI=1S/C25H31N3O4/c1-31-23-15-22-19(13-20(23)26)14-21(28-22)18-7-9-25(30,10-8-18)11-12-27-24(29)32-16-17-5-3-2-4-6-17/h2-6,13-15,18,21,30H,7-12,16,26H2,1H3,(H,27,29). The molecule has 170 valence electrons. The van der Waals surface area contributed by atoms with Gasteiger partial charge in [-0.05, 0) is 49.7 Å². The number of nitrogens with two attached hydrogens (primary N) is 1. The van der Waals surface area contributed by atoms with E-state index in [-0.39, 0.29) is 12.6 Å². The molecule has 7 heteroatoms. The fraction of sp³-hybridized carbons (Fsp3) is 0.440. The number of nitrogens with zero attached hydrogens (tertiary/aromatic N) is 1. The number of nitrogen functional groups attached to an aromatic ring is 1. The number of carbonyl (C=O) groups excluding carboxylic acids is 1. The maximum absolute atomic E-state index is 11.9. The molecule has 1 amide bonds. The van der Waals surface area contributed by atoms with Gasteiger partial charge >= 0.3 is 6.09 Å². The first-order chi connectivity index (χ1) is 15.5. The van der Waals surface area contributed by atoms with Crippen LogP contribution in [-0.2, 0) is 11.3 Å². The van der Waals surface area contributed by atoms with E-state index in [4.69, 9.17) is 20.2 Å². The molecule has 0 saturated heterocycles. The van der Waals surface area contributed by atoms with E-state index >= 15 is 0 Å². The zero-order valence-corrected chi connectivity index (χ0v) is 18.4. The maximum atomic E-state index is 11.9. The summed E-state index contributed by atoms with van der Waals surface area (Å²) in [4.78, 5) is 16.8. The monoisotopic (exact) mass is 437 g/mol. The van der Waals surface area contributed by atoms with Crippen molar-refractivity contribution in [3.63, 3.8) is 0 Å². The predicted molar refractivity (Wildman–Crippen MR) is 123 cm³/mol. The molecule has 1 atom stereocenters. The van der Waals surface area contributed by atoms with Crippen molar-refractivity contribution in [3.8, 4) is 5.75 Å². The number of benzene rings is 2. The van der Waals surface area contributed by atoms with Crippen LogP contribution in [0.4, 0.5) is 10.5 Å². The number of amides is 1. The van der Waals surface area contributed by atoms with Crippen LogP contribution in [0.25, 0.3) is 6.08 Å². The molecule has 32 heavy (non-hydrogen) atoms. The SMILES string of the molecule is COc1cc2c(cc1N)=CC(C1CCC(O)(CCNC(=O)OCc3ccccc3)CC1)N=2. The lowest BCUT2D eigenvalue weighted by Crippen LogP contribution is -2.39. The summed E-state index contributed by atoms with van der Waals surface area (Å²) in [6.45, 7) is 0.624. The number of rotatable bonds is 7. The normalized spacial score (nSPS) is 24.1. The summed E-state index contributed by atoms with van der Waals surface area (Å²) in [6.07, 6.45) is 5.39. The molecule has 4 N–H and O–H groups in total. The Kier molecular flexibility index (Phi) is 6.65. The number of carbonyl (C=O) groups is 1. The lowest BCUT2D eigenvalue weighted by molar-refractivity contribution is -0.0166. The van der Waals surface area contributed by atoms with Crippen LogP contribution >= 0.6 is 0 Å². The molecule has 0 spiro atoms. The minimum Gasteiger partial charge on any atom is -0.495 e. The van der Waals surface area contributed by atoms with Crippen LogP contribution in [0.3, 0.4) is 0 Å². The van der Waals surface area contributed by atoms with Crippen molar-refractivity contribution in [1.29, 1.82) is 0 Å². The van der Waals surface area contributed by atoms with Gasteiger partial charge in [0.05, 0.1) is 29.8 Å². The van der Waals surface area contributed by atoms with Crippen LogP contribution in [0.1, 0.15) is 37.7 Å². The van der Waals surface area contributed by atoms with Gasteiger partial charge in [0.1, 0.15) is 12.4 Å². The minimum absolute atomic E-state index is 0.104. The topological polar surface area (TPSA) is 106 Å². The van der Waals surface area contributed by atoms with Crippen molar-refractivity contribution in [2.75, 3.05) is 19.4 Å². The zero-order chi connectivity index (χ0) is 22.6. The van der Waals surface area contributed by atoms with Crippen LogP contribution in [0.15, 0.2) is 47.5 Å². The highest BCUT2D eigenvalue weighted by Gasteiger charge is 2.35. The van der Waals surface area contributed by atoms with Gasteiger partial charge < -0.3 is 25.6 Å². The number of fused-ring (bicyclic) bond motifs is 1. The predicted octanol–water partition coefficient (Wildman–Crippen LogP) is 2.30. The fourth-order valence-corrected chi connectivity index (χ4v) is 4.59. The molecule has 1 aliphatic carbocycles. The molecule has 0 bridgehead atoms. The van der Waals surface area contributed by atoms with E-state index in [9.17, 15) is 9.90 Å². The largest absolute Gasteiger partial charge is 0.495 e. The first kappa shape index (κ1) is 22.1. The van der Waals surface area contributed by atoms with Gasteiger partial charge in [0.25, 0.3) is 0 Å². The smallest absolute Gasteiger partial charge is 0.407 e. The number of hydrogen-bond acceptors (Lipinski definition) is 6. The molecule has 7 nitrogen and oxygen atoms in total. The second-order valence-electron chi connectivity index (χ2n) is 8.74. The van der Waals surface area contributed by atoms with Crippen LogP contribution in [0, 0.1) is 5.92 Å². The molecular weight excluding hydrogens is 406 g/mol. The van der Waals surface area contributed by atoms with Crippen LogP contribution in [0.5, 0.6) is 5.75 Å². The number of alkyl carbamates (subject to hydrolysis) is 1. The van der Waals surface area contributed by atoms with Gasteiger partial charge in [-0.25, -0.2) is 4.79 Å². The summed E-state index contributed by atoms with van der Waals surface area (Å²) >= 11 is 0. The van der Waals surface area contributed by atoms with E-state index in [2.05, 4.69) is 11.4 Å². The number of methoxy groups -OCH3 is 1. The molecule has 1 unspecified atom stereocenters. The van der Waals surface area contributed by atoms with Gasteiger partial charge in [-0.15, -0.1) is 0 Å². The third-order valence-corrected chi connectivity index (χ3v) is 6.53. The Labute approximate surface area is 187 Å². The molecule has 4 rings (SSSR count). The lowest BCUT2D eigenvalue weighted by Gasteiger charge is -2.37. The second-order valence-corrected chi connectivity index (χ2v) is 8.74. The molecule has 0 aromatic heterocycles. The Bertz CT molecular complexity index is 1060. The number of aliphatic hydroxyl groups is 1. The highest BCUT2D eigenvalue weighted by Crippen LogP contribution is 2.37. The minimum atomic E-state index is -0.762. The Morgan fingerprint density at radius 3 is 2.72 bits per heavy atom. The molecule has 0 radical (unpaired) electrons. The van der Waals surface area contributed by atoms with Crippen molar-refractivity contribution in [2.24, 2.45) is 10.9 Å². The van der Waals surface area contributed by atoms with Crippen LogP contribution < -0.4 is 26.4 Å². The van der Waals surface area contributed by atoms with E-state index in [1.807, 2.05) is 42.5 Å². The van der Waals surface area contributed by atoms with E-state index < -0.39 is 11.7 Å². The third kappa shape index (κ3) is 5.22. The molecule has 2 aromatic carbocycles. The summed E-state index contributed by atoms with van der Waals surface area (Å²) < 4.78 is 10.5. The Hall–Kier alpha value is -3.06. The van der Waals surface area contributed by atoms with Crippen molar-refractivity contribution in [2.45, 2.75) is 50.4 Å². The molecule has 2 aliphatic rings. The summed E-state index contributed by atoms with van der Waals surface area (Å²) in [5.74, 6) is 1.04. The molecule has 2 aromatic rings. The fourth-order valence-electron chi connectivity index (χ4n) is 4.59. The van der Waals surface area contributed by atoms with Gasteiger partial charge in [0.2, 0.25) is 0 Å². The second kappa shape index (κ2) is 9.61. The van der Waals surface area contributed by atoms with Gasteiger partial charge in [0.15, 0.2) is 0 Å². The number of anilines is 1. The van der Waals surface area contributed by atoms with E-state index in [1.165, 1.54) is 0 Å². The van der Waals surface area contributed by atoms with Gasteiger partial charge in [-0.1, -0.05) is 36.4 Å². The maximum Gasteiger partial charge on any atom is 0.407 e. The van der Waals surface area contributed by atoms with Crippen molar-refractivity contribution in [3.05, 3.63) is 58.6 Å². The summed E-state index contributed by atoms with van der Waals surface area (Å²) in [5, 5.41) is 15.7. The third-order valence-electron chi connectivity index (χ3n) is 6.53. The van der Waals surface area contributed by atoms with Crippen LogP contribution in [0.2, 0.25) is 0 Å². The van der Waals surface area contributed by atoms with Crippen molar-refractivity contribution in [1.82, 2.24) is 5.32 Å². The zero-order valence-electron chi connectivity index (χ0n) is 18.4. The van der Waals surface area contributed by atoms with E-state index in [0.29, 0.717) is 43.2 Å². The van der Waals surface area contributed by atoms with E-state index in [0.717, 1.165) is 29.0 Å². The highest BCUT2D eigenvalue weighted by atomic mass is 16.5. The Balaban J connectivity index is 1.23. The quantitative estimate of drug-likeness (QED) is 0.577. The average molecular weight is 438 g/mol. The molecule has 1 aliphatic heterocycles. The molecule has 1 fully saturated rings. The van der Waals surface area contributed by atoms with Crippen molar-refractivity contribution < 1.29 is 19.4 Å². The number of ether oxygens (including phenoxy) is 2. The van der Waals surface area contributed by atoms with E-state index in [1.54, 1.807) is 7.11 Å². The first-order valence-corrected chi connectivity index (χ1v) is 11.2. The summed E-state index contributed by atoms with van der Waals surface area (Å²) in [5.41, 5.74) is 6.82. The molecule has 1 saturated carbocycles. The van der Waals surface area contributed by atoms with Gasteiger partial charge in [0, 0.05) is 17.8 Å². The van der Waals surface area contributed by atoms with Crippen molar-refractivity contribution >= 4 is 17.9 Å². The molecule has 1 heterocycles. The molecular formula is C25H31N3O4. The lowest BCUT2D eigenvalue weighted by atomic mass is 9.74. The van der Waals surface area contributed by atoms with Gasteiger partial charge in [-0.3, -0.25) is 4.99 Å². The Morgan fingerprint density at radius 2 is 2.00 bits per heavy atom. The Morgan fingerprint density at radius 1 is 1.25 bits per heavy atom. The summed E-state index contributed by atoms with van der Waals surface area (Å²) in [6, 6.07) is 13.5. The average Bonchev–Trinajstić information content (AvgIpc) is 3.20. The highest BCUT2D eigenvalue weighted by molar-refractivity contribution is 5.67. The number of nitrogens with one attached hydrogen (secondary N) is 1. The van der Waals surface area contributed by atoms with Gasteiger partial charge in [-0.2, -0.15) is 0 Å². The van der Waals surface area contributed by atoms with Crippen LogP contribution in [-0.4, -0.2) is 36.5 Å². The first-order valence-electron chi connectivity index (χ1n) is 11.2. The summed E-state index contributed by atoms with van der Waals surface area (Å²) in [7, 11) is 1.61. The number of hydrogen-bond donors (Lipinski definition) is 3.